The first-order chi connectivity index (χ1) is 8.45. The molecule has 1 aliphatic carbocycles. The molecule has 0 radical (unpaired) electrons. The molecule has 0 aliphatic heterocycles. The lowest BCUT2D eigenvalue weighted by molar-refractivity contribution is 0.250. The number of aromatic nitrogens is 1. The Kier molecular flexibility index (Phi) is 3.93. The molecule has 0 aromatic carbocycles. The summed E-state index contributed by atoms with van der Waals surface area (Å²) in [6.45, 7) is 4.68. The lowest BCUT2D eigenvalue weighted by Crippen LogP contribution is -2.37. The second-order valence-electron chi connectivity index (χ2n) is 4.68. The van der Waals surface area contributed by atoms with E-state index in [-0.39, 0.29) is 0 Å². The summed E-state index contributed by atoms with van der Waals surface area (Å²) < 4.78 is 26.9. The van der Waals surface area contributed by atoms with E-state index in [0.717, 1.165) is 24.2 Å². The van der Waals surface area contributed by atoms with Crippen molar-refractivity contribution in [1.82, 2.24) is 9.29 Å². The molecular weight excluding hydrogens is 270 g/mol. The third-order valence-electron chi connectivity index (χ3n) is 3.38. The Morgan fingerprint density at radius 3 is 2.56 bits per heavy atom. The van der Waals surface area contributed by atoms with Crippen molar-refractivity contribution in [3.63, 3.8) is 0 Å². The van der Waals surface area contributed by atoms with Crippen LogP contribution in [0.25, 0.3) is 0 Å². The quantitative estimate of drug-likeness (QED) is 0.897. The van der Waals surface area contributed by atoms with Crippen LogP contribution in [0.3, 0.4) is 0 Å². The van der Waals surface area contributed by atoms with Gasteiger partial charge >= 0.3 is 0 Å². The SMILES string of the molecule is CCN(CC1CCC1)S(=O)(=O)c1sc(N)nc1C. The van der Waals surface area contributed by atoms with E-state index in [9.17, 15) is 8.42 Å². The zero-order valence-electron chi connectivity index (χ0n) is 10.7. The molecule has 0 amide bonds. The highest BCUT2D eigenvalue weighted by Crippen LogP contribution is 2.32. The minimum absolute atomic E-state index is 0.293. The van der Waals surface area contributed by atoms with Crippen molar-refractivity contribution in [2.75, 3.05) is 18.8 Å². The van der Waals surface area contributed by atoms with Crippen LogP contribution >= 0.6 is 11.3 Å². The molecule has 0 saturated heterocycles. The second kappa shape index (κ2) is 5.14. The molecule has 1 saturated carbocycles. The van der Waals surface area contributed by atoms with Gasteiger partial charge in [0.1, 0.15) is 0 Å². The molecule has 5 nitrogen and oxygen atoms in total. The highest BCUT2D eigenvalue weighted by molar-refractivity contribution is 7.91. The summed E-state index contributed by atoms with van der Waals surface area (Å²) in [5, 5.41) is 0.311. The first-order valence-electron chi connectivity index (χ1n) is 6.18. The van der Waals surface area contributed by atoms with Gasteiger partial charge in [-0.1, -0.05) is 24.7 Å². The van der Waals surface area contributed by atoms with Gasteiger partial charge in [-0.3, -0.25) is 0 Å². The van der Waals surface area contributed by atoms with E-state index in [1.54, 1.807) is 11.2 Å². The van der Waals surface area contributed by atoms with Crippen molar-refractivity contribution in [1.29, 1.82) is 0 Å². The third kappa shape index (κ3) is 2.53. The van der Waals surface area contributed by atoms with Crippen LogP contribution in [0, 0.1) is 12.8 Å². The Morgan fingerprint density at radius 1 is 1.50 bits per heavy atom. The van der Waals surface area contributed by atoms with Crippen LogP contribution in [-0.2, 0) is 10.0 Å². The fourth-order valence-corrected chi connectivity index (χ4v) is 5.08. The molecule has 1 heterocycles. The van der Waals surface area contributed by atoms with Crippen LogP contribution in [0.2, 0.25) is 0 Å². The zero-order valence-corrected chi connectivity index (χ0v) is 12.4. The maximum Gasteiger partial charge on any atom is 0.254 e. The predicted molar refractivity (Wildman–Crippen MR) is 73.0 cm³/mol. The van der Waals surface area contributed by atoms with Gasteiger partial charge in [0.15, 0.2) is 9.34 Å². The van der Waals surface area contributed by atoms with Crippen molar-refractivity contribution < 1.29 is 8.42 Å². The number of rotatable bonds is 5. The largest absolute Gasteiger partial charge is 0.375 e. The van der Waals surface area contributed by atoms with E-state index in [1.807, 2.05) is 6.92 Å². The fraction of sp³-hybridized carbons (Fsp3) is 0.727. The molecule has 18 heavy (non-hydrogen) atoms. The summed E-state index contributed by atoms with van der Waals surface area (Å²) in [7, 11) is -3.42. The summed E-state index contributed by atoms with van der Waals surface area (Å²) in [6, 6.07) is 0. The zero-order chi connectivity index (χ0) is 13.3. The van der Waals surface area contributed by atoms with E-state index in [2.05, 4.69) is 4.98 Å². The molecule has 0 spiro atoms. The summed E-state index contributed by atoms with van der Waals surface area (Å²) >= 11 is 1.05. The first kappa shape index (κ1) is 13.8. The number of anilines is 1. The molecule has 0 unspecified atom stereocenters. The number of nitrogens with zero attached hydrogens (tertiary/aromatic N) is 2. The molecule has 1 aromatic rings. The number of nitrogens with two attached hydrogens (primary N) is 1. The van der Waals surface area contributed by atoms with E-state index < -0.39 is 10.0 Å². The van der Waals surface area contributed by atoms with Crippen molar-refractivity contribution in [3.8, 4) is 0 Å². The molecule has 1 aromatic heterocycles. The van der Waals surface area contributed by atoms with Gasteiger partial charge in [0.05, 0.1) is 5.69 Å². The standard InChI is InChI=1S/C11H19N3O2S2/c1-3-14(7-9-5-4-6-9)18(15,16)10-8(2)13-11(12)17-10/h9H,3-7H2,1-2H3,(H2,12,13). The molecule has 2 rings (SSSR count). The Bertz CT molecular complexity index is 520. The summed E-state index contributed by atoms with van der Waals surface area (Å²) in [4.78, 5) is 4.00. The molecule has 1 aliphatic rings. The highest BCUT2D eigenvalue weighted by atomic mass is 32.2. The average molecular weight is 289 g/mol. The minimum atomic E-state index is -3.42. The van der Waals surface area contributed by atoms with E-state index in [4.69, 9.17) is 5.73 Å². The number of hydrogen-bond acceptors (Lipinski definition) is 5. The van der Waals surface area contributed by atoms with E-state index in [0.29, 0.717) is 34.0 Å². The summed E-state index contributed by atoms with van der Waals surface area (Å²) in [6.07, 6.45) is 3.49. The van der Waals surface area contributed by atoms with Gasteiger partial charge < -0.3 is 5.73 Å². The molecule has 102 valence electrons. The van der Waals surface area contributed by atoms with Gasteiger partial charge in [-0.15, -0.1) is 0 Å². The minimum Gasteiger partial charge on any atom is -0.375 e. The lowest BCUT2D eigenvalue weighted by Gasteiger charge is -2.30. The Balaban J connectivity index is 2.24. The molecule has 7 heteroatoms. The molecule has 1 fully saturated rings. The topological polar surface area (TPSA) is 76.3 Å². The average Bonchev–Trinajstić information content (AvgIpc) is 2.56. The number of nitrogen functional groups attached to an aromatic ring is 1. The van der Waals surface area contributed by atoms with Gasteiger partial charge in [-0.25, -0.2) is 13.4 Å². The summed E-state index contributed by atoms with van der Waals surface area (Å²) in [5.41, 5.74) is 6.08. The van der Waals surface area contributed by atoms with Crippen molar-refractivity contribution in [2.45, 2.75) is 37.3 Å². The van der Waals surface area contributed by atoms with Crippen LogP contribution in [0.4, 0.5) is 5.13 Å². The van der Waals surface area contributed by atoms with E-state index in [1.165, 1.54) is 6.42 Å². The highest BCUT2D eigenvalue weighted by Gasteiger charge is 2.31. The van der Waals surface area contributed by atoms with Gasteiger partial charge in [0.25, 0.3) is 10.0 Å². The molecular formula is C11H19N3O2S2. The Hall–Kier alpha value is -0.660. The van der Waals surface area contributed by atoms with Gasteiger partial charge in [0.2, 0.25) is 0 Å². The Morgan fingerprint density at radius 2 is 2.17 bits per heavy atom. The van der Waals surface area contributed by atoms with Crippen molar-refractivity contribution in [2.24, 2.45) is 5.92 Å². The van der Waals surface area contributed by atoms with E-state index >= 15 is 0 Å². The van der Waals surface area contributed by atoms with Crippen molar-refractivity contribution >= 4 is 26.5 Å². The van der Waals surface area contributed by atoms with Crippen LogP contribution in [0.1, 0.15) is 31.9 Å². The van der Waals surface area contributed by atoms with Crippen LogP contribution < -0.4 is 5.73 Å². The normalized spacial score (nSPS) is 17.1. The van der Waals surface area contributed by atoms with Gasteiger partial charge in [-0.2, -0.15) is 4.31 Å². The second-order valence-corrected chi connectivity index (χ2v) is 7.84. The molecule has 0 bridgehead atoms. The molecule has 2 N–H and O–H groups in total. The maximum absolute atomic E-state index is 12.5. The van der Waals surface area contributed by atoms with Gasteiger partial charge in [0, 0.05) is 13.1 Å². The third-order valence-corrected chi connectivity index (χ3v) is 6.90. The number of sulfonamides is 1. The van der Waals surface area contributed by atoms with Crippen LogP contribution in [0.5, 0.6) is 0 Å². The number of aryl methyl sites for hydroxylation is 1. The lowest BCUT2D eigenvalue weighted by atomic mass is 9.85. The van der Waals surface area contributed by atoms with Crippen molar-refractivity contribution in [3.05, 3.63) is 5.69 Å². The number of thiazole rings is 1. The molecule has 0 atom stereocenters. The monoisotopic (exact) mass is 289 g/mol. The maximum atomic E-state index is 12.5. The van der Waals surface area contributed by atoms with Gasteiger partial charge in [-0.05, 0) is 25.7 Å². The number of hydrogen-bond donors (Lipinski definition) is 1. The predicted octanol–water partition coefficient (Wildman–Crippen LogP) is 1.84. The first-order valence-corrected chi connectivity index (χ1v) is 8.44. The fourth-order valence-electron chi connectivity index (χ4n) is 2.12. The Labute approximate surface area is 112 Å². The van der Waals surface area contributed by atoms with Crippen LogP contribution in [-0.4, -0.2) is 30.8 Å². The summed E-state index contributed by atoms with van der Waals surface area (Å²) in [5.74, 6) is 0.519. The van der Waals surface area contributed by atoms with Crippen LogP contribution in [0.15, 0.2) is 4.21 Å². The smallest absolute Gasteiger partial charge is 0.254 e.